The maximum atomic E-state index is 12.5. The normalized spacial score (nSPS) is 18.7. The van der Waals surface area contributed by atoms with E-state index >= 15 is 0 Å². The standard InChI is InChI=1S/C16H18N4O2/c21-16(15-3-1-2-4-19-15)20-7-8-22-12-13(11-20)9-14-10-17-5-6-18-14/h1-6,10,13H,7-9,11-12H2. The van der Waals surface area contributed by atoms with E-state index in [0.717, 1.165) is 12.1 Å². The monoisotopic (exact) mass is 298 g/mol. The van der Waals surface area contributed by atoms with Crippen LogP contribution in [-0.2, 0) is 11.2 Å². The highest BCUT2D eigenvalue weighted by molar-refractivity contribution is 5.92. The van der Waals surface area contributed by atoms with E-state index in [4.69, 9.17) is 4.74 Å². The summed E-state index contributed by atoms with van der Waals surface area (Å²) < 4.78 is 5.63. The van der Waals surface area contributed by atoms with Gasteiger partial charge in [-0.1, -0.05) is 6.07 Å². The molecular formula is C16H18N4O2. The smallest absolute Gasteiger partial charge is 0.272 e. The van der Waals surface area contributed by atoms with Crippen LogP contribution in [0.25, 0.3) is 0 Å². The van der Waals surface area contributed by atoms with Crippen molar-refractivity contribution in [2.45, 2.75) is 6.42 Å². The van der Waals surface area contributed by atoms with Crippen LogP contribution in [0.2, 0.25) is 0 Å². The second-order valence-electron chi connectivity index (χ2n) is 5.31. The number of aromatic nitrogens is 3. The third-order valence-electron chi connectivity index (χ3n) is 3.62. The molecule has 6 nitrogen and oxygen atoms in total. The molecule has 2 aromatic heterocycles. The van der Waals surface area contributed by atoms with Crippen LogP contribution in [0.5, 0.6) is 0 Å². The van der Waals surface area contributed by atoms with Gasteiger partial charge in [-0.3, -0.25) is 19.7 Å². The van der Waals surface area contributed by atoms with Crippen LogP contribution in [-0.4, -0.2) is 52.1 Å². The molecule has 1 fully saturated rings. The number of amides is 1. The summed E-state index contributed by atoms with van der Waals surface area (Å²) in [5.41, 5.74) is 1.39. The third-order valence-corrected chi connectivity index (χ3v) is 3.62. The molecule has 1 saturated heterocycles. The maximum Gasteiger partial charge on any atom is 0.272 e. The number of carbonyl (C=O) groups is 1. The van der Waals surface area contributed by atoms with Crippen molar-refractivity contribution in [3.63, 3.8) is 0 Å². The molecule has 0 aromatic carbocycles. The van der Waals surface area contributed by atoms with Gasteiger partial charge in [0.15, 0.2) is 0 Å². The minimum Gasteiger partial charge on any atom is -0.379 e. The Kier molecular flexibility index (Phi) is 4.70. The largest absolute Gasteiger partial charge is 0.379 e. The molecule has 114 valence electrons. The lowest BCUT2D eigenvalue weighted by Gasteiger charge is -2.23. The molecule has 0 N–H and O–H groups in total. The van der Waals surface area contributed by atoms with Crippen molar-refractivity contribution < 1.29 is 9.53 Å². The molecule has 0 saturated carbocycles. The summed E-state index contributed by atoms with van der Waals surface area (Å²) in [4.78, 5) is 26.9. The zero-order valence-electron chi connectivity index (χ0n) is 12.3. The van der Waals surface area contributed by atoms with Gasteiger partial charge in [0.1, 0.15) is 5.69 Å². The zero-order chi connectivity index (χ0) is 15.2. The lowest BCUT2D eigenvalue weighted by Crippen LogP contribution is -2.36. The van der Waals surface area contributed by atoms with Crippen LogP contribution in [0.15, 0.2) is 43.0 Å². The molecule has 1 aliphatic heterocycles. The summed E-state index contributed by atoms with van der Waals surface area (Å²) in [6, 6.07) is 5.37. The molecular weight excluding hydrogens is 280 g/mol. The Balaban J connectivity index is 1.69. The number of hydrogen-bond donors (Lipinski definition) is 0. The van der Waals surface area contributed by atoms with Gasteiger partial charge in [0.2, 0.25) is 0 Å². The summed E-state index contributed by atoms with van der Waals surface area (Å²) in [5.74, 6) is 0.169. The quantitative estimate of drug-likeness (QED) is 0.852. The number of carbonyl (C=O) groups excluding carboxylic acids is 1. The molecule has 1 amide bonds. The van der Waals surface area contributed by atoms with E-state index in [1.54, 1.807) is 36.9 Å². The van der Waals surface area contributed by atoms with E-state index in [-0.39, 0.29) is 11.8 Å². The van der Waals surface area contributed by atoms with Gasteiger partial charge in [-0.25, -0.2) is 0 Å². The molecule has 0 radical (unpaired) electrons. The highest BCUT2D eigenvalue weighted by atomic mass is 16.5. The SMILES string of the molecule is O=C(c1ccccn1)N1CCOCC(Cc2cnccn2)C1. The Morgan fingerprint density at radius 3 is 3.00 bits per heavy atom. The molecule has 22 heavy (non-hydrogen) atoms. The summed E-state index contributed by atoms with van der Waals surface area (Å²) in [7, 11) is 0. The number of rotatable bonds is 3. The predicted molar refractivity (Wildman–Crippen MR) is 80.2 cm³/mol. The van der Waals surface area contributed by atoms with Gasteiger partial charge in [-0.15, -0.1) is 0 Å². The van der Waals surface area contributed by atoms with Crippen molar-refractivity contribution in [2.24, 2.45) is 5.92 Å². The van der Waals surface area contributed by atoms with Crippen molar-refractivity contribution in [3.8, 4) is 0 Å². The fourth-order valence-corrected chi connectivity index (χ4v) is 2.57. The van der Waals surface area contributed by atoms with Crippen LogP contribution < -0.4 is 0 Å². The van der Waals surface area contributed by atoms with Gasteiger partial charge in [0, 0.05) is 43.8 Å². The van der Waals surface area contributed by atoms with Crippen molar-refractivity contribution in [3.05, 3.63) is 54.4 Å². The molecule has 3 rings (SSSR count). The lowest BCUT2D eigenvalue weighted by molar-refractivity contribution is 0.0731. The van der Waals surface area contributed by atoms with Crippen molar-refractivity contribution in [2.75, 3.05) is 26.3 Å². The Hall–Kier alpha value is -2.34. The van der Waals surface area contributed by atoms with Crippen LogP contribution in [0.4, 0.5) is 0 Å². The average Bonchev–Trinajstić information content (AvgIpc) is 2.81. The van der Waals surface area contributed by atoms with Crippen LogP contribution in [0, 0.1) is 5.92 Å². The minimum atomic E-state index is -0.0461. The fourth-order valence-electron chi connectivity index (χ4n) is 2.57. The minimum absolute atomic E-state index is 0.0461. The molecule has 3 heterocycles. The highest BCUT2D eigenvalue weighted by Gasteiger charge is 2.24. The molecule has 1 aliphatic rings. The Bertz CT molecular complexity index is 606. The number of hydrogen-bond acceptors (Lipinski definition) is 5. The molecule has 1 atom stereocenters. The number of ether oxygens (including phenoxy) is 1. The zero-order valence-corrected chi connectivity index (χ0v) is 12.3. The van der Waals surface area contributed by atoms with E-state index < -0.39 is 0 Å². The first-order valence-corrected chi connectivity index (χ1v) is 7.36. The Morgan fingerprint density at radius 1 is 1.27 bits per heavy atom. The first-order chi connectivity index (χ1) is 10.8. The maximum absolute atomic E-state index is 12.5. The summed E-state index contributed by atoms with van der Waals surface area (Å²) >= 11 is 0. The molecule has 2 aromatic rings. The Labute approximate surface area is 129 Å². The number of nitrogens with zero attached hydrogens (tertiary/aromatic N) is 4. The van der Waals surface area contributed by atoms with Gasteiger partial charge in [-0.2, -0.15) is 0 Å². The van der Waals surface area contributed by atoms with Crippen LogP contribution >= 0.6 is 0 Å². The molecule has 6 heteroatoms. The van der Waals surface area contributed by atoms with Gasteiger partial charge in [0.25, 0.3) is 5.91 Å². The molecule has 0 bridgehead atoms. The second-order valence-corrected chi connectivity index (χ2v) is 5.31. The van der Waals surface area contributed by atoms with Gasteiger partial charge < -0.3 is 9.64 Å². The predicted octanol–water partition coefficient (Wildman–Crippen LogP) is 1.20. The fraction of sp³-hybridized carbons (Fsp3) is 0.375. The second kappa shape index (κ2) is 7.09. The van der Waals surface area contributed by atoms with Crippen molar-refractivity contribution in [1.82, 2.24) is 19.9 Å². The van der Waals surface area contributed by atoms with E-state index in [2.05, 4.69) is 15.0 Å². The van der Waals surface area contributed by atoms with Gasteiger partial charge in [0.05, 0.1) is 18.9 Å². The summed E-state index contributed by atoms with van der Waals surface area (Å²) in [6.07, 6.45) is 7.49. The van der Waals surface area contributed by atoms with Gasteiger partial charge >= 0.3 is 0 Å². The third kappa shape index (κ3) is 3.65. The Morgan fingerprint density at radius 2 is 2.23 bits per heavy atom. The number of pyridine rings is 1. The van der Waals surface area contributed by atoms with E-state index in [0.29, 0.717) is 32.0 Å². The molecule has 0 spiro atoms. The first-order valence-electron chi connectivity index (χ1n) is 7.36. The highest BCUT2D eigenvalue weighted by Crippen LogP contribution is 2.14. The van der Waals surface area contributed by atoms with Gasteiger partial charge in [-0.05, 0) is 18.6 Å². The van der Waals surface area contributed by atoms with E-state index in [9.17, 15) is 4.79 Å². The molecule has 1 unspecified atom stereocenters. The van der Waals surface area contributed by atoms with Crippen molar-refractivity contribution in [1.29, 1.82) is 0 Å². The van der Waals surface area contributed by atoms with Crippen LogP contribution in [0.3, 0.4) is 0 Å². The first kappa shape index (κ1) is 14.6. The molecule has 0 aliphatic carbocycles. The average molecular weight is 298 g/mol. The summed E-state index contributed by atoms with van der Waals surface area (Å²) in [5, 5.41) is 0. The summed E-state index contributed by atoms with van der Waals surface area (Å²) in [6.45, 7) is 2.41. The van der Waals surface area contributed by atoms with E-state index in [1.165, 1.54) is 0 Å². The van der Waals surface area contributed by atoms with Crippen molar-refractivity contribution >= 4 is 5.91 Å². The van der Waals surface area contributed by atoms with Crippen LogP contribution in [0.1, 0.15) is 16.2 Å². The topological polar surface area (TPSA) is 68.2 Å². The van der Waals surface area contributed by atoms with E-state index in [1.807, 2.05) is 11.0 Å². The lowest BCUT2D eigenvalue weighted by atomic mass is 10.0.